The number of alkyl halides is 3. The third kappa shape index (κ3) is 3.60. The molecule has 3 rings (SSSR count). The number of fused-ring (bicyclic) bond motifs is 1. The van der Waals surface area contributed by atoms with E-state index in [-0.39, 0.29) is 10.5 Å². The summed E-state index contributed by atoms with van der Waals surface area (Å²) in [4.78, 5) is 11.8. The predicted octanol–water partition coefficient (Wildman–Crippen LogP) is 4.96. The molecule has 0 spiro atoms. The molecule has 2 aromatic heterocycles. The zero-order valence-electron chi connectivity index (χ0n) is 14.4. The number of rotatable bonds is 4. The zero-order valence-corrected chi connectivity index (χ0v) is 15.2. The van der Waals surface area contributed by atoms with E-state index in [4.69, 9.17) is 4.74 Å². The Morgan fingerprint density at radius 3 is 2.54 bits per heavy atom. The lowest BCUT2D eigenvalue weighted by molar-refractivity contribution is -0.145. The first-order valence-electron chi connectivity index (χ1n) is 7.77. The second-order valence-corrected chi connectivity index (χ2v) is 6.67. The van der Waals surface area contributed by atoms with Crippen LogP contribution < -0.4 is 4.74 Å². The molecule has 0 N–H and O–H groups in total. The molecule has 26 heavy (non-hydrogen) atoms. The van der Waals surface area contributed by atoms with E-state index in [2.05, 4.69) is 15.0 Å². The summed E-state index contributed by atoms with van der Waals surface area (Å²) < 4.78 is 44.7. The Morgan fingerprint density at radius 2 is 1.85 bits per heavy atom. The molecule has 0 aliphatic carbocycles. The molecule has 0 bridgehead atoms. The molecule has 0 saturated heterocycles. The highest BCUT2D eigenvalue weighted by Crippen LogP contribution is 2.34. The SMILES string of the molecule is COc1c(C)cnc(CSc2nc(C(F)(F)F)nc3ccccc23)c1C. The maximum atomic E-state index is 13.1. The third-order valence-electron chi connectivity index (χ3n) is 3.92. The predicted molar refractivity (Wildman–Crippen MR) is 94.4 cm³/mol. The summed E-state index contributed by atoms with van der Waals surface area (Å²) in [5.74, 6) is -0.0233. The van der Waals surface area contributed by atoms with Gasteiger partial charge in [-0.2, -0.15) is 13.2 Å². The van der Waals surface area contributed by atoms with Gasteiger partial charge in [0, 0.05) is 28.5 Å². The number of hydrogen-bond donors (Lipinski definition) is 0. The molecule has 1 aromatic carbocycles. The molecule has 0 saturated carbocycles. The number of pyridine rings is 1. The fourth-order valence-electron chi connectivity index (χ4n) is 2.64. The fraction of sp³-hybridized carbons (Fsp3) is 0.278. The molecule has 0 atom stereocenters. The van der Waals surface area contributed by atoms with E-state index in [0.717, 1.165) is 22.6 Å². The molecule has 8 heteroatoms. The van der Waals surface area contributed by atoms with Crippen LogP contribution in [0.5, 0.6) is 5.75 Å². The Hall–Kier alpha value is -2.35. The van der Waals surface area contributed by atoms with Gasteiger partial charge in [0.1, 0.15) is 10.8 Å². The summed E-state index contributed by atoms with van der Waals surface area (Å²) in [6.07, 6.45) is -2.90. The van der Waals surface area contributed by atoms with Crippen molar-refractivity contribution in [2.24, 2.45) is 0 Å². The highest BCUT2D eigenvalue weighted by atomic mass is 32.2. The van der Waals surface area contributed by atoms with E-state index in [9.17, 15) is 13.2 Å². The second kappa shape index (κ2) is 7.11. The minimum absolute atomic E-state index is 0.267. The maximum absolute atomic E-state index is 13.1. The zero-order chi connectivity index (χ0) is 18.9. The van der Waals surface area contributed by atoms with Crippen LogP contribution in [0.25, 0.3) is 10.9 Å². The normalized spacial score (nSPS) is 11.8. The van der Waals surface area contributed by atoms with Crippen LogP contribution >= 0.6 is 11.8 Å². The van der Waals surface area contributed by atoms with Gasteiger partial charge in [0.25, 0.3) is 0 Å². The number of methoxy groups -OCH3 is 1. The average molecular weight is 379 g/mol. The second-order valence-electron chi connectivity index (χ2n) is 5.70. The quantitative estimate of drug-likeness (QED) is 0.474. The van der Waals surface area contributed by atoms with Crippen LogP contribution in [0.3, 0.4) is 0 Å². The number of aryl methyl sites for hydroxylation is 1. The van der Waals surface area contributed by atoms with Gasteiger partial charge in [-0.05, 0) is 19.9 Å². The van der Waals surface area contributed by atoms with Crippen LogP contribution in [0.1, 0.15) is 22.6 Å². The summed E-state index contributed by atoms with van der Waals surface area (Å²) in [6.45, 7) is 3.78. The lowest BCUT2D eigenvalue weighted by Gasteiger charge is -2.13. The smallest absolute Gasteiger partial charge is 0.451 e. The van der Waals surface area contributed by atoms with Gasteiger partial charge >= 0.3 is 6.18 Å². The lowest BCUT2D eigenvalue weighted by atomic mass is 10.1. The average Bonchev–Trinajstić information content (AvgIpc) is 2.60. The maximum Gasteiger partial charge on any atom is 0.451 e. The Morgan fingerprint density at radius 1 is 1.12 bits per heavy atom. The molecule has 2 heterocycles. The first-order chi connectivity index (χ1) is 12.3. The molecule has 0 aliphatic heterocycles. The van der Waals surface area contributed by atoms with Gasteiger partial charge in [-0.1, -0.05) is 30.0 Å². The summed E-state index contributed by atoms with van der Waals surface area (Å²) in [5.41, 5.74) is 2.79. The van der Waals surface area contributed by atoms with Gasteiger partial charge in [-0.25, -0.2) is 9.97 Å². The van der Waals surface area contributed by atoms with Crippen molar-refractivity contribution in [3.63, 3.8) is 0 Å². The Bertz CT molecular complexity index is 960. The largest absolute Gasteiger partial charge is 0.496 e. The Kier molecular flexibility index (Phi) is 5.04. The van der Waals surface area contributed by atoms with Crippen molar-refractivity contribution in [1.82, 2.24) is 15.0 Å². The number of ether oxygens (including phenoxy) is 1. The lowest BCUT2D eigenvalue weighted by Crippen LogP contribution is -2.11. The summed E-state index contributed by atoms with van der Waals surface area (Å²) in [7, 11) is 1.58. The molecule has 0 aliphatic rings. The van der Waals surface area contributed by atoms with Crippen LogP contribution in [0.2, 0.25) is 0 Å². The first-order valence-corrected chi connectivity index (χ1v) is 8.75. The highest BCUT2D eigenvalue weighted by molar-refractivity contribution is 7.98. The van der Waals surface area contributed by atoms with E-state index < -0.39 is 12.0 Å². The van der Waals surface area contributed by atoms with Crippen molar-refractivity contribution in [2.45, 2.75) is 30.8 Å². The number of thioether (sulfide) groups is 1. The topological polar surface area (TPSA) is 47.9 Å². The van der Waals surface area contributed by atoms with Crippen molar-refractivity contribution < 1.29 is 17.9 Å². The number of aromatic nitrogens is 3. The molecule has 4 nitrogen and oxygen atoms in total. The third-order valence-corrected chi connectivity index (χ3v) is 4.92. The van der Waals surface area contributed by atoms with Gasteiger partial charge in [-0.15, -0.1) is 0 Å². The van der Waals surface area contributed by atoms with Gasteiger partial charge < -0.3 is 4.74 Å². The van der Waals surface area contributed by atoms with E-state index in [1.54, 1.807) is 37.6 Å². The molecule has 0 unspecified atom stereocenters. The van der Waals surface area contributed by atoms with E-state index in [0.29, 0.717) is 11.1 Å². The van der Waals surface area contributed by atoms with Crippen molar-refractivity contribution in [1.29, 1.82) is 0 Å². The van der Waals surface area contributed by atoms with E-state index in [1.807, 2.05) is 13.8 Å². The summed E-state index contributed by atoms with van der Waals surface area (Å²) >= 11 is 1.20. The van der Waals surface area contributed by atoms with E-state index >= 15 is 0 Å². The van der Waals surface area contributed by atoms with Crippen molar-refractivity contribution in [3.05, 3.63) is 53.1 Å². The Labute approximate surface area is 152 Å². The summed E-state index contributed by atoms with van der Waals surface area (Å²) in [6, 6.07) is 6.67. The van der Waals surface area contributed by atoms with Gasteiger partial charge in [-0.3, -0.25) is 4.98 Å². The number of para-hydroxylation sites is 1. The molecule has 0 amide bonds. The number of halogens is 3. The van der Waals surface area contributed by atoms with Crippen LogP contribution in [0, 0.1) is 13.8 Å². The van der Waals surface area contributed by atoms with Gasteiger partial charge in [0.2, 0.25) is 5.82 Å². The standard InChI is InChI=1S/C18H16F3N3OS/c1-10-8-22-14(11(2)15(10)25-3)9-26-16-12-6-4-5-7-13(12)23-17(24-16)18(19,20)21/h4-8H,9H2,1-3H3. The van der Waals surface area contributed by atoms with Crippen molar-refractivity contribution in [3.8, 4) is 5.75 Å². The number of hydrogen-bond acceptors (Lipinski definition) is 5. The van der Waals surface area contributed by atoms with Crippen LogP contribution in [-0.4, -0.2) is 22.1 Å². The molecule has 0 fully saturated rings. The molecular weight excluding hydrogens is 363 g/mol. The van der Waals surface area contributed by atoms with Crippen molar-refractivity contribution in [2.75, 3.05) is 7.11 Å². The van der Waals surface area contributed by atoms with Crippen LogP contribution in [0.15, 0.2) is 35.5 Å². The monoisotopic (exact) mass is 379 g/mol. The molecule has 0 radical (unpaired) electrons. The molecule has 136 valence electrons. The minimum atomic E-state index is -4.60. The minimum Gasteiger partial charge on any atom is -0.496 e. The van der Waals surface area contributed by atoms with E-state index in [1.165, 1.54) is 11.8 Å². The van der Waals surface area contributed by atoms with Crippen molar-refractivity contribution >= 4 is 22.7 Å². The van der Waals surface area contributed by atoms with Crippen LogP contribution in [-0.2, 0) is 11.9 Å². The molecule has 3 aromatic rings. The fourth-order valence-corrected chi connectivity index (χ4v) is 3.68. The van der Waals surface area contributed by atoms with Crippen LogP contribution in [0.4, 0.5) is 13.2 Å². The van der Waals surface area contributed by atoms with Gasteiger partial charge in [0.15, 0.2) is 0 Å². The van der Waals surface area contributed by atoms with Gasteiger partial charge in [0.05, 0.1) is 18.3 Å². The number of nitrogens with zero attached hydrogens (tertiary/aromatic N) is 3. The first kappa shape index (κ1) is 18.4. The number of benzene rings is 1. The molecular formula is C18H16F3N3OS. The summed E-state index contributed by atoms with van der Waals surface area (Å²) in [5, 5.41) is 0.867. The Balaban J connectivity index is 1.99. The highest BCUT2D eigenvalue weighted by Gasteiger charge is 2.35.